The molecule has 0 saturated heterocycles. The first-order chi connectivity index (χ1) is 36.8. The van der Waals surface area contributed by atoms with Crippen molar-refractivity contribution in [1.29, 1.82) is 0 Å². The van der Waals surface area contributed by atoms with Gasteiger partial charge in [0.25, 0.3) is 0 Å². The van der Waals surface area contributed by atoms with Gasteiger partial charge >= 0.3 is 96.3 Å². The van der Waals surface area contributed by atoms with E-state index in [-0.39, 0.29) is 126 Å². The van der Waals surface area contributed by atoms with Gasteiger partial charge in [-0.3, -0.25) is 24.1 Å². The van der Waals surface area contributed by atoms with E-state index in [0.717, 1.165) is 58.5 Å². The van der Waals surface area contributed by atoms with Crippen molar-refractivity contribution >= 4 is 64.0 Å². The molecular formula is C53H93N10Na3O11P2. The Morgan fingerprint density at radius 2 is 0.873 bits per heavy atom. The van der Waals surface area contributed by atoms with E-state index >= 15 is 0 Å². The summed E-state index contributed by atoms with van der Waals surface area (Å²) in [6.07, 6.45) is 45.7. The van der Waals surface area contributed by atoms with Crippen LogP contribution in [0.1, 0.15) is 194 Å². The molecule has 0 aromatic rings. The van der Waals surface area contributed by atoms with Crippen molar-refractivity contribution in [3.8, 4) is 0 Å². The van der Waals surface area contributed by atoms with Crippen molar-refractivity contribution in [3.63, 3.8) is 0 Å². The first kappa shape index (κ1) is 80.3. The predicted octanol–water partition coefficient (Wildman–Crippen LogP) is -1.73. The van der Waals surface area contributed by atoms with Crippen LogP contribution >= 0.6 is 15.2 Å². The quantitative estimate of drug-likeness (QED) is 0.0230. The SMILES string of the molecule is CCCCCCCC/C=C\CCCCCCCC(=O)NC1=NC=NC2C1N=CN2CCOCP(=O)(O)O.CCCCCCCC/C=C\CCCCCCCC(=O)NC1=NC=NC2C1N=CN2CCOCP(=O)([O-])[O-].C[O-].[Na+].[Na+].[Na+]. The molecule has 0 radical (unpaired) electrons. The Labute approximate surface area is 539 Å². The summed E-state index contributed by atoms with van der Waals surface area (Å²) in [5, 5.41) is 14.0. The van der Waals surface area contributed by atoms with Crippen LogP contribution in [-0.2, 0) is 28.2 Å². The first-order valence-electron chi connectivity index (χ1n) is 28.1. The van der Waals surface area contributed by atoms with E-state index < -0.39 is 40.0 Å². The van der Waals surface area contributed by atoms with Gasteiger partial charge in [0, 0.05) is 25.9 Å². The van der Waals surface area contributed by atoms with Crippen molar-refractivity contribution in [1.82, 2.24) is 20.4 Å². The maximum atomic E-state index is 12.4. The van der Waals surface area contributed by atoms with Gasteiger partial charge in [0.05, 0.1) is 32.2 Å². The van der Waals surface area contributed by atoms with Crippen LogP contribution in [0.5, 0.6) is 0 Å². The molecule has 2 amide bonds. The molecule has 26 heteroatoms. The minimum Gasteiger partial charge on any atom is -0.857 e. The van der Waals surface area contributed by atoms with Crippen molar-refractivity contribution in [2.75, 3.05) is 46.1 Å². The molecular weight excluding hydrogens is 1080 g/mol. The standard InChI is InChI=1S/2C26H46N5O5P.CH3O.3Na/c2*1-2-3-4-5-6-7-8-9-10-11-12-13-14-15-16-17-23(32)30-25-24-26(28-20-27-25)31(21-29-24)18-19-36-22-37(33,34)35;1-2;;;/h2*9-10,20-21,24,26H,2-8,11-19,22H2,1H3,(H2,33,34,35)(H,27,28,30,32);1H3;;;/q;;-1;3*+1/p-2/b2*10-9-;;;;. The summed E-state index contributed by atoms with van der Waals surface area (Å²) >= 11 is 0. The van der Waals surface area contributed by atoms with Crippen molar-refractivity contribution < 1.29 is 142 Å². The number of fused-ring (bicyclic) bond motifs is 2. The number of hydrogen-bond donors (Lipinski definition) is 4. The predicted molar refractivity (Wildman–Crippen MR) is 300 cm³/mol. The molecule has 4 heterocycles. The molecule has 79 heavy (non-hydrogen) atoms. The summed E-state index contributed by atoms with van der Waals surface area (Å²) in [5.41, 5.74) is 0. The molecule has 0 saturated carbocycles. The minimum atomic E-state index is -4.68. The maximum Gasteiger partial charge on any atom is 1.00 e. The zero-order chi connectivity index (χ0) is 55.5. The molecule has 0 fully saturated rings. The van der Waals surface area contributed by atoms with E-state index in [2.05, 4.69) is 78.7 Å². The van der Waals surface area contributed by atoms with E-state index in [9.17, 15) is 28.5 Å². The van der Waals surface area contributed by atoms with Gasteiger partial charge in [-0.15, -0.1) is 0 Å². The van der Waals surface area contributed by atoms with Crippen LogP contribution in [0.2, 0.25) is 0 Å². The molecule has 4 atom stereocenters. The fourth-order valence-electron chi connectivity index (χ4n) is 8.62. The van der Waals surface area contributed by atoms with E-state index in [1.54, 1.807) is 17.6 Å². The van der Waals surface area contributed by atoms with Crippen LogP contribution in [-0.4, -0.2) is 139 Å². The van der Waals surface area contributed by atoms with Gasteiger partial charge in [0.2, 0.25) is 11.8 Å². The molecule has 4 N–H and O–H groups in total. The maximum absolute atomic E-state index is 12.4. The Morgan fingerprint density at radius 3 is 1.22 bits per heavy atom. The van der Waals surface area contributed by atoms with Gasteiger partial charge in [-0.2, -0.15) is 7.11 Å². The van der Waals surface area contributed by atoms with Crippen molar-refractivity contribution in [2.24, 2.45) is 30.0 Å². The minimum absolute atomic E-state index is 0. The third kappa shape index (κ3) is 41.0. The average molecular weight is 1180 g/mol. The molecule has 0 aliphatic carbocycles. The Bertz CT molecular complexity index is 1810. The number of allylic oxidation sites excluding steroid dienone is 4. The Balaban J connectivity index is 0. The molecule has 4 rings (SSSR count). The van der Waals surface area contributed by atoms with Crippen LogP contribution in [0.4, 0.5) is 0 Å². The zero-order valence-corrected chi connectivity index (χ0v) is 56.8. The Morgan fingerprint density at radius 1 is 0.544 bits per heavy atom. The second-order valence-electron chi connectivity index (χ2n) is 19.4. The summed E-state index contributed by atoms with van der Waals surface area (Å²) in [7, 11) is -8.12. The molecule has 4 aliphatic heterocycles. The molecule has 0 aromatic carbocycles. The number of rotatable bonds is 40. The molecule has 0 spiro atoms. The number of carbonyl (C=O) groups is 2. The van der Waals surface area contributed by atoms with E-state index in [4.69, 9.17) is 24.4 Å². The Kier molecular flexibility index (Phi) is 52.5. The topological polar surface area (TPSA) is 301 Å². The second-order valence-corrected chi connectivity index (χ2v) is 22.5. The number of nitrogens with zero attached hydrogens (tertiary/aromatic N) is 8. The number of aliphatic imine (C=N–C) groups is 6. The number of amides is 2. The van der Waals surface area contributed by atoms with Crippen molar-refractivity contribution in [3.05, 3.63) is 24.3 Å². The molecule has 0 aromatic heterocycles. The number of nitrogens with one attached hydrogen (secondary N) is 2. The van der Waals surface area contributed by atoms with Gasteiger partial charge in [-0.25, -0.2) is 20.0 Å². The van der Waals surface area contributed by atoms with E-state index in [1.165, 1.54) is 128 Å². The second kappa shape index (κ2) is 51.6. The Hall–Kier alpha value is -0.780. The third-order valence-electron chi connectivity index (χ3n) is 12.8. The van der Waals surface area contributed by atoms with Crippen LogP contribution in [0.15, 0.2) is 54.3 Å². The summed E-state index contributed by atoms with van der Waals surface area (Å²) in [6.45, 7) is 5.37. The largest absolute Gasteiger partial charge is 1.00 e. The van der Waals surface area contributed by atoms with Gasteiger partial charge in [-0.05, 0) is 71.8 Å². The van der Waals surface area contributed by atoms with Crippen LogP contribution in [0, 0.1) is 0 Å². The van der Waals surface area contributed by atoms with Crippen LogP contribution in [0.3, 0.4) is 0 Å². The summed E-state index contributed by atoms with van der Waals surface area (Å²) < 4.78 is 31.5. The number of unbranched alkanes of at least 4 members (excludes halogenated alkanes) is 22. The van der Waals surface area contributed by atoms with Crippen LogP contribution in [0.25, 0.3) is 0 Å². The average Bonchev–Trinajstić information content (AvgIpc) is 4.02. The summed E-state index contributed by atoms with van der Waals surface area (Å²) in [4.78, 5) is 93.2. The van der Waals surface area contributed by atoms with E-state index in [0.29, 0.717) is 37.6 Å². The smallest absolute Gasteiger partial charge is 0.857 e. The normalized spacial score (nSPS) is 17.9. The number of ether oxygens (including phenoxy) is 2. The number of amidine groups is 2. The van der Waals surface area contributed by atoms with Crippen LogP contribution < -0.4 is 114 Å². The van der Waals surface area contributed by atoms with Crippen molar-refractivity contribution in [2.45, 2.75) is 218 Å². The summed E-state index contributed by atoms with van der Waals surface area (Å²) in [6, 6.07) is -0.821. The van der Waals surface area contributed by atoms with Gasteiger partial charge < -0.3 is 59.2 Å². The zero-order valence-electron chi connectivity index (χ0n) is 49.0. The third-order valence-corrected chi connectivity index (χ3v) is 13.8. The fourth-order valence-corrected chi connectivity index (χ4v) is 9.34. The summed E-state index contributed by atoms with van der Waals surface area (Å²) in [5.74, 6) is 0.793. The number of hydrogen-bond acceptors (Lipinski definition) is 17. The molecule has 4 aliphatic rings. The number of carbonyl (C=O) groups excluding carboxylic acids is 2. The van der Waals surface area contributed by atoms with E-state index in [1.807, 2.05) is 4.90 Å². The van der Waals surface area contributed by atoms with Gasteiger partial charge in [0.1, 0.15) is 42.8 Å². The molecule has 0 bridgehead atoms. The monoisotopic (exact) mass is 1180 g/mol. The molecule has 434 valence electrons. The molecule has 21 nitrogen and oxygen atoms in total. The van der Waals surface area contributed by atoms with Gasteiger partial charge in [0.15, 0.2) is 12.3 Å². The van der Waals surface area contributed by atoms with Gasteiger partial charge in [-0.1, -0.05) is 141 Å². The molecule has 4 unspecified atom stereocenters. The first-order valence-corrected chi connectivity index (χ1v) is 31.6. The fraction of sp³-hybridized carbons (Fsp3) is 0.774.